The van der Waals surface area contributed by atoms with Crippen LogP contribution in [0.25, 0.3) is 0 Å². The lowest BCUT2D eigenvalue weighted by Gasteiger charge is -2.19. The third-order valence-electron chi connectivity index (χ3n) is 3.49. The predicted octanol–water partition coefficient (Wildman–Crippen LogP) is 3.42. The van der Waals surface area contributed by atoms with Crippen molar-refractivity contribution in [2.45, 2.75) is 33.0 Å². The van der Waals surface area contributed by atoms with Crippen molar-refractivity contribution >= 4 is 29.9 Å². The first-order valence-electron chi connectivity index (χ1n) is 8.20. The van der Waals surface area contributed by atoms with Gasteiger partial charge >= 0.3 is 6.18 Å². The molecule has 0 aromatic heterocycles. The van der Waals surface area contributed by atoms with Gasteiger partial charge in [0.05, 0.1) is 13.1 Å². The summed E-state index contributed by atoms with van der Waals surface area (Å²) < 4.78 is 36.9. The third kappa shape index (κ3) is 10.5. The molecule has 0 saturated carbocycles. The van der Waals surface area contributed by atoms with Crippen LogP contribution in [0.3, 0.4) is 0 Å². The molecule has 0 saturated heterocycles. The van der Waals surface area contributed by atoms with E-state index in [0.29, 0.717) is 25.6 Å². The molecular weight excluding hydrogens is 444 g/mol. The summed E-state index contributed by atoms with van der Waals surface area (Å²) in [4.78, 5) is 5.76. The van der Waals surface area contributed by atoms with Crippen molar-refractivity contribution in [3.8, 4) is 0 Å². The van der Waals surface area contributed by atoms with E-state index in [1.165, 1.54) is 17.5 Å². The molecule has 8 heteroatoms. The fourth-order valence-corrected chi connectivity index (χ4v) is 2.31. The number of rotatable bonds is 8. The van der Waals surface area contributed by atoms with Gasteiger partial charge in [0, 0.05) is 19.6 Å². The van der Waals surface area contributed by atoms with Crippen molar-refractivity contribution in [2.75, 3.05) is 33.2 Å². The van der Waals surface area contributed by atoms with Gasteiger partial charge in [-0.05, 0) is 31.5 Å². The Morgan fingerprint density at radius 1 is 1.12 bits per heavy atom. The average Bonchev–Trinajstić information content (AvgIpc) is 2.51. The second-order valence-corrected chi connectivity index (χ2v) is 5.60. The molecule has 0 radical (unpaired) electrons. The minimum atomic E-state index is -4.17. The quantitative estimate of drug-likeness (QED) is 0.346. The monoisotopic (exact) mass is 472 g/mol. The van der Waals surface area contributed by atoms with Crippen molar-refractivity contribution in [1.82, 2.24) is 15.5 Å². The summed E-state index contributed by atoms with van der Waals surface area (Å²) in [6, 6.07) is 8.11. The minimum absolute atomic E-state index is 0. The van der Waals surface area contributed by atoms with Gasteiger partial charge in [0.2, 0.25) is 0 Å². The molecule has 0 fully saturated rings. The average molecular weight is 472 g/mol. The number of nitrogens with one attached hydrogen (secondary N) is 2. The number of guanidine groups is 1. The van der Waals surface area contributed by atoms with Crippen molar-refractivity contribution in [2.24, 2.45) is 4.99 Å². The SMILES string of the molecule is CCNC(=NCc1ccccc1CC)NCCN(C)CC(F)(F)F.I. The number of nitrogens with zero attached hydrogens (tertiary/aromatic N) is 2. The van der Waals surface area contributed by atoms with Crippen LogP contribution in [0.2, 0.25) is 0 Å². The van der Waals surface area contributed by atoms with Crippen LogP contribution in [0, 0.1) is 0 Å². The molecular formula is C17H28F3IN4. The molecule has 0 atom stereocenters. The number of halogens is 4. The van der Waals surface area contributed by atoms with Crippen molar-refractivity contribution in [1.29, 1.82) is 0 Å². The number of aliphatic imine (C=N–C) groups is 1. The summed E-state index contributed by atoms with van der Waals surface area (Å²) in [5.41, 5.74) is 2.41. The van der Waals surface area contributed by atoms with Crippen LogP contribution in [0.1, 0.15) is 25.0 Å². The molecule has 0 heterocycles. The number of hydrogen-bond donors (Lipinski definition) is 2. The van der Waals surface area contributed by atoms with Gasteiger partial charge in [-0.1, -0.05) is 31.2 Å². The van der Waals surface area contributed by atoms with E-state index in [2.05, 4.69) is 28.6 Å². The van der Waals surface area contributed by atoms with E-state index >= 15 is 0 Å². The highest BCUT2D eigenvalue weighted by molar-refractivity contribution is 14.0. The van der Waals surface area contributed by atoms with Gasteiger partial charge in [-0.2, -0.15) is 13.2 Å². The molecule has 0 amide bonds. The first-order chi connectivity index (χ1) is 11.4. The number of hydrogen-bond acceptors (Lipinski definition) is 2. The van der Waals surface area contributed by atoms with Gasteiger partial charge in [-0.3, -0.25) is 4.90 Å². The third-order valence-corrected chi connectivity index (χ3v) is 3.49. The largest absolute Gasteiger partial charge is 0.401 e. The summed E-state index contributed by atoms with van der Waals surface area (Å²) in [5.74, 6) is 0.615. The number of aryl methyl sites for hydroxylation is 1. The maximum Gasteiger partial charge on any atom is 0.401 e. The molecule has 0 aliphatic carbocycles. The van der Waals surface area contributed by atoms with E-state index in [9.17, 15) is 13.2 Å². The molecule has 1 aromatic carbocycles. The highest BCUT2D eigenvalue weighted by Gasteiger charge is 2.28. The van der Waals surface area contributed by atoms with E-state index < -0.39 is 12.7 Å². The van der Waals surface area contributed by atoms with Gasteiger partial charge in [0.15, 0.2) is 5.96 Å². The van der Waals surface area contributed by atoms with Crippen molar-refractivity contribution in [3.05, 3.63) is 35.4 Å². The minimum Gasteiger partial charge on any atom is -0.357 e. The topological polar surface area (TPSA) is 39.7 Å². The Labute approximate surface area is 165 Å². The Morgan fingerprint density at radius 3 is 2.32 bits per heavy atom. The Kier molecular flexibility index (Phi) is 11.8. The molecule has 25 heavy (non-hydrogen) atoms. The Bertz CT molecular complexity index is 521. The number of alkyl halides is 3. The lowest BCUT2D eigenvalue weighted by atomic mass is 10.1. The summed E-state index contributed by atoms with van der Waals surface area (Å²) >= 11 is 0. The second-order valence-electron chi connectivity index (χ2n) is 5.60. The van der Waals surface area contributed by atoms with E-state index in [1.54, 1.807) is 0 Å². The van der Waals surface area contributed by atoms with Crippen LogP contribution in [0.5, 0.6) is 0 Å². The zero-order valence-corrected chi connectivity index (χ0v) is 17.3. The smallest absolute Gasteiger partial charge is 0.357 e. The van der Waals surface area contributed by atoms with Crippen LogP contribution in [-0.2, 0) is 13.0 Å². The Hall–Kier alpha value is -1.03. The van der Waals surface area contributed by atoms with Crippen LogP contribution in [-0.4, -0.2) is 50.3 Å². The summed E-state index contributed by atoms with van der Waals surface area (Å²) in [7, 11) is 1.46. The maximum atomic E-state index is 12.3. The molecule has 2 N–H and O–H groups in total. The normalized spacial score (nSPS) is 12.0. The molecule has 1 aromatic rings. The zero-order valence-electron chi connectivity index (χ0n) is 15.0. The van der Waals surface area contributed by atoms with Gasteiger partial charge in [0.25, 0.3) is 0 Å². The Morgan fingerprint density at radius 2 is 1.76 bits per heavy atom. The van der Waals surface area contributed by atoms with Crippen LogP contribution in [0.15, 0.2) is 29.3 Å². The second kappa shape index (κ2) is 12.3. The first kappa shape index (κ1) is 24.0. The van der Waals surface area contributed by atoms with Gasteiger partial charge in [-0.25, -0.2) is 4.99 Å². The summed E-state index contributed by atoms with van der Waals surface area (Å²) in [6.45, 7) is 5.06. The van der Waals surface area contributed by atoms with Crippen LogP contribution in [0.4, 0.5) is 13.2 Å². The van der Waals surface area contributed by atoms with Crippen molar-refractivity contribution < 1.29 is 13.2 Å². The molecule has 0 aliphatic rings. The summed E-state index contributed by atoms with van der Waals surface area (Å²) in [6.07, 6.45) is -3.23. The molecule has 0 bridgehead atoms. The maximum absolute atomic E-state index is 12.3. The predicted molar refractivity (Wildman–Crippen MR) is 108 cm³/mol. The van der Waals surface area contributed by atoms with Crippen LogP contribution < -0.4 is 10.6 Å². The lowest BCUT2D eigenvalue weighted by Crippen LogP contribution is -2.42. The highest BCUT2D eigenvalue weighted by atomic mass is 127. The standard InChI is InChI=1S/C17H27F3N4.HI/c1-4-14-8-6-7-9-15(14)12-23-16(21-5-2)22-10-11-24(3)13-17(18,19)20;/h6-9H,4-5,10-13H2,1-3H3,(H2,21,22,23);1H. The fraction of sp³-hybridized carbons (Fsp3) is 0.588. The van der Waals surface area contributed by atoms with Crippen LogP contribution >= 0.6 is 24.0 Å². The van der Waals surface area contributed by atoms with E-state index in [0.717, 1.165) is 12.0 Å². The number of likely N-dealkylation sites (N-methyl/N-ethyl adjacent to an activating group) is 1. The van der Waals surface area contributed by atoms with E-state index in [1.807, 2.05) is 25.1 Å². The lowest BCUT2D eigenvalue weighted by molar-refractivity contribution is -0.142. The molecule has 4 nitrogen and oxygen atoms in total. The molecule has 0 unspecified atom stereocenters. The first-order valence-corrected chi connectivity index (χ1v) is 8.20. The van der Waals surface area contributed by atoms with Gasteiger partial charge in [0.1, 0.15) is 0 Å². The molecule has 0 spiro atoms. The van der Waals surface area contributed by atoms with Crippen molar-refractivity contribution in [3.63, 3.8) is 0 Å². The van der Waals surface area contributed by atoms with Gasteiger partial charge in [-0.15, -0.1) is 24.0 Å². The number of benzene rings is 1. The van der Waals surface area contributed by atoms with E-state index in [-0.39, 0.29) is 30.5 Å². The van der Waals surface area contributed by atoms with Gasteiger partial charge < -0.3 is 10.6 Å². The molecule has 0 aliphatic heterocycles. The Balaban J connectivity index is 0.00000576. The molecule has 144 valence electrons. The summed E-state index contributed by atoms with van der Waals surface area (Å²) in [5, 5.41) is 6.19. The zero-order chi connectivity index (χ0) is 18.0. The molecule has 1 rings (SSSR count). The highest BCUT2D eigenvalue weighted by Crippen LogP contribution is 2.15. The van der Waals surface area contributed by atoms with E-state index in [4.69, 9.17) is 0 Å². The fourth-order valence-electron chi connectivity index (χ4n) is 2.31.